The number of fused-ring (bicyclic) bond motifs is 1. The van der Waals surface area contributed by atoms with Crippen LogP contribution >= 0.6 is 0 Å². The first-order valence-electron chi connectivity index (χ1n) is 13.2. The lowest BCUT2D eigenvalue weighted by Crippen LogP contribution is -2.50. The van der Waals surface area contributed by atoms with Gasteiger partial charge in [-0.1, -0.05) is 0 Å². The third kappa shape index (κ3) is 5.84. The summed E-state index contributed by atoms with van der Waals surface area (Å²) in [6.07, 6.45) is 3.15. The Morgan fingerprint density at radius 1 is 1.15 bits per heavy atom. The first-order valence-corrected chi connectivity index (χ1v) is 13.2. The third-order valence-corrected chi connectivity index (χ3v) is 7.24. The smallest absolute Gasteiger partial charge is 0.263 e. The van der Waals surface area contributed by atoms with Crippen molar-refractivity contribution < 1.29 is 14.3 Å². The molecule has 1 fully saturated rings. The minimum absolute atomic E-state index is 0.00999. The number of anilines is 5. The number of hydrogen-bond donors (Lipinski definition) is 4. The van der Waals surface area contributed by atoms with E-state index in [1.807, 2.05) is 31.2 Å². The largest absolute Gasteiger partial charge is 0.474 e. The van der Waals surface area contributed by atoms with E-state index in [0.717, 1.165) is 49.7 Å². The Bertz CT molecular complexity index is 1370. The van der Waals surface area contributed by atoms with E-state index in [4.69, 9.17) is 9.47 Å². The standard InChI is InChI=1S/C28H35N7O4/c1-18(17-38-3)34-11-13-35(14-12-34)21-6-4-20(5-7-21)32-27(37)24-22(8-9-30-26(24)36)33-23-16-31-28-25(19(23)2)29-10-15-39-28/h4-9,16,18,29H,10-15,17H2,1-3H3,(H,32,37)(H2,30,33,36). The van der Waals surface area contributed by atoms with Gasteiger partial charge in [-0.2, -0.15) is 0 Å². The van der Waals surface area contributed by atoms with Crippen molar-refractivity contribution in [2.45, 2.75) is 19.9 Å². The van der Waals surface area contributed by atoms with Crippen LogP contribution in [0.1, 0.15) is 22.8 Å². The maximum Gasteiger partial charge on any atom is 0.263 e. The molecule has 0 aliphatic carbocycles. The Morgan fingerprint density at radius 2 is 1.92 bits per heavy atom. The van der Waals surface area contributed by atoms with Crippen molar-refractivity contribution >= 4 is 34.3 Å². The quantitative estimate of drug-likeness (QED) is 0.346. The average molecular weight is 534 g/mol. The second-order valence-electron chi connectivity index (χ2n) is 9.80. The summed E-state index contributed by atoms with van der Waals surface area (Å²) in [6.45, 7) is 9.86. The van der Waals surface area contributed by atoms with Crippen LogP contribution in [0.25, 0.3) is 0 Å². The molecule has 1 atom stereocenters. The molecular weight excluding hydrogens is 498 g/mol. The number of ether oxygens (including phenoxy) is 2. The number of carbonyl (C=O) groups excluding carboxylic acids is 1. The summed E-state index contributed by atoms with van der Waals surface area (Å²) >= 11 is 0. The number of piperazine rings is 1. The van der Waals surface area contributed by atoms with Gasteiger partial charge in [0.05, 0.1) is 24.2 Å². The second kappa shape index (κ2) is 11.7. The fourth-order valence-electron chi connectivity index (χ4n) is 5.02. The molecule has 206 valence electrons. The zero-order valence-corrected chi connectivity index (χ0v) is 22.5. The zero-order valence-electron chi connectivity index (χ0n) is 22.5. The van der Waals surface area contributed by atoms with Gasteiger partial charge in [0.2, 0.25) is 5.88 Å². The van der Waals surface area contributed by atoms with E-state index in [1.165, 1.54) is 6.20 Å². The highest BCUT2D eigenvalue weighted by Gasteiger charge is 2.22. The van der Waals surface area contributed by atoms with Crippen molar-refractivity contribution in [3.8, 4) is 5.88 Å². The highest BCUT2D eigenvalue weighted by Crippen LogP contribution is 2.34. The molecule has 11 heteroatoms. The molecular formula is C28H35N7O4. The van der Waals surface area contributed by atoms with Crippen LogP contribution in [0.15, 0.2) is 47.5 Å². The van der Waals surface area contributed by atoms with Gasteiger partial charge in [0, 0.05) is 69.0 Å². The van der Waals surface area contributed by atoms with Crippen LogP contribution in [-0.4, -0.2) is 79.9 Å². The molecule has 4 heterocycles. The van der Waals surface area contributed by atoms with Crippen LogP contribution in [0.3, 0.4) is 0 Å². The summed E-state index contributed by atoms with van der Waals surface area (Å²) in [7, 11) is 1.74. The molecule has 1 amide bonds. The van der Waals surface area contributed by atoms with E-state index in [-0.39, 0.29) is 5.56 Å². The highest BCUT2D eigenvalue weighted by molar-refractivity contribution is 6.08. The molecule has 0 radical (unpaired) electrons. The summed E-state index contributed by atoms with van der Waals surface area (Å²) in [5.41, 5.74) is 3.95. The third-order valence-electron chi connectivity index (χ3n) is 7.24. The van der Waals surface area contributed by atoms with Crippen molar-refractivity contribution in [3.05, 3.63) is 64.2 Å². The Kier molecular flexibility index (Phi) is 7.99. The number of H-pyrrole nitrogens is 1. The molecule has 5 rings (SSSR count). The summed E-state index contributed by atoms with van der Waals surface area (Å²) in [5.74, 6) is 0.0389. The Morgan fingerprint density at radius 3 is 2.67 bits per heavy atom. The van der Waals surface area contributed by atoms with Gasteiger partial charge in [-0.25, -0.2) is 4.98 Å². The molecule has 1 aromatic carbocycles. The van der Waals surface area contributed by atoms with E-state index >= 15 is 0 Å². The van der Waals surface area contributed by atoms with Crippen LogP contribution in [0.4, 0.5) is 28.4 Å². The van der Waals surface area contributed by atoms with Crippen molar-refractivity contribution in [2.75, 3.05) is 73.9 Å². The number of rotatable bonds is 8. The molecule has 0 bridgehead atoms. The summed E-state index contributed by atoms with van der Waals surface area (Å²) in [5, 5.41) is 9.37. The van der Waals surface area contributed by atoms with Crippen molar-refractivity contribution in [3.63, 3.8) is 0 Å². The Balaban J connectivity index is 1.27. The summed E-state index contributed by atoms with van der Waals surface area (Å²) < 4.78 is 10.9. The SMILES string of the molecule is COCC(C)N1CCN(c2ccc(NC(=O)c3c(Nc4cnc5c(c4C)NCCO5)cc[nH]c3=O)cc2)CC1. The topological polar surface area (TPSA) is 124 Å². The first-order chi connectivity index (χ1) is 18.9. The van der Waals surface area contributed by atoms with E-state index in [2.05, 4.69) is 42.6 Å². The Labute approximate surface area is 227 Å². The number of hydrogen-bond acceptors (Lipinski definition) is 9. The molecule has 39 heavy (non-hydrogen) atoms. The Hall–Kier alpha value is -4.09. The van der Waals surface area contributed by atoms with Gasteiger partial charge in [-0.05, 0) is 44.2 Å². The molecule has 1 unspecified atom stereocenters. The number of aromatic amines is 1. The van der Waals surface area contributed by atoms with Crippen LogP contribution < -0.4 is 31.1 Å². The van der Waals surface area contributed by atoms with Gasteiger partial charge in [0.25, 0.3) is 11.5 Å². The van der Waals surface area contributed by atoms with Crippen LogP contribution in [0, 0.1) is 6.92 Å². The molecule has 0 spiro atoms. The van der Waals surface area contributed by atoms with Crippen LogP contribution in [-0.2, 0) is 4.74 Å². The molecule has 4 N–H and O–H groups in total. The number of aromatic nitrogens is 2. The minimum Gasteiger partial charge on any atom is -0.474 e. The highest BCUT2D eigenvalue weighted by atomic mass is 16.5. The summed E-state index contributed by atoms with van der Waals surface area (Å²) in [6, 6.07) is 9.77. The predicted molar refractivity (Wildman–Crippen MR) is 153 cm³/mol. The normalized spacial score (nSPS) is 16.0. The van der Waals surface area contributed by atoms with E-state index in [9.17, 15) is 9.59 Å². The summed E-state index contributed by atoms with van der Waals surface area (Å²) in [4.78, 5) is 37.7. The van der Waals surface area contributed by atoms with E-state index in [1.54, 1.807) is 19.4 Å². The van der Waals surface area contributed by atoms with Gasteiger partial charge < -0.3 is 35.3 Å². The first kappa shape index (κ1) is 26.5. The lowest BCUT2D eigenvalue weighted by molar-refractivity contribution is 0.0953. The van der Waals surface area contributed by atoms with Gasteiger partial charge in [0.1, 0.15) is 17.9 Å². The molecule has 11 nitrogen and oxygen atoms in total. The average Bonchev–Trinajstić information content (AvgIpc) is 2.95. The molecule has 0 saturated carbocycles. The van der Waals surface area contributed by atoms with Crippen LogP contribution in [0.5, 0.6) is 5.88 Å². The van der Waals surface area contributed by atoms with Gasteiger partial charge >= 0.3 is 0 Å². The second-order valence-corrected chi connectivity index (χ2v) is 9.80. The maximum absolute atomic E-state index is 13.3. The fraction of sp³-hybridized carbons (Fsp3) is 0.393. The molecule has 1 saturated heterocycles. The van der Waals surface area contributed by atoms with Gasteiger partial charge in [-0.3, -0.25) is 14.5 Å². The van der Waals surface area contributed by atoms with Crippen LogP contribution in [0.2, 0.25) is 0 Å². The number of benzene rings is 1. The molecule has 2 aliphatic rings. The number of nitrogens with one attached hydrogen (secondary N) is 4. The predicted octanol–water partition coefficient (Wildman–Crippen LogP) is 3.04. The maximum atomic E-state index is 13.3. The van der Waals surface area contributed by atoms with Gasteiger partial charge in [-0.15, -0.1) is 0 Å². The van der Waals surface area contributed by atoms with Gasteiger partial charge in [0.15, 0.2) is 0 Å². The molecule has 2 aromatic heterocycles. The molecule has 2 aliphatic heterocycles. The number of pyridine rings is 2. The van der Waals surface area contributed by atoms with E-state index < -0.39 is 11.5 Å². The molecule has 3 aromatic rings. The number of nitrogens with zero attached hydrogens (tertiary/aromatic N) is 3. The fourth-order valence-corrected chi connectivity index (χ4v) is 5.02. The zero-order chi connectivity index (χ0) is 27.4. The monoisotopic (exact) mass is 533 g/mol. The number of methoxy groups -OCH3 is 1. The lowest BCUT2D eigenvalue weighted by atomic mass is 10.1. The van der Waals surface area contributed by atoms with Crippen molar-refractivity contribution in [1.29, 1.82) is 0 Å². The minimum atomic E-state index is -0.502. The lowest BCUT2D eigenvalue weighted by Gasteiger charge is -2.39. The van der Waals surface area contributed by atoms with Crippen molar-refractivity contribution in [2.24, 2.45) is 0 Å². The number of amides is 1. The van der Waals surface area contributed by atoms with E-state index in [0.29, 0.717) is 42.1 Å². The number of carbonyl (C=O) groups is 1. The van der Waals surface area contributed by atoms with Crippen molar-refractivity contribution in [1.82, 2.24) is 14.9 Å².